The first kappa shape index (κ1) is 14.4. The van der Waals surface area contributed by atoms with Gasteiger partial charge in [-0.05, 0) is 4.92 Å². The first-order chi connectivity index (χ1) is 8.29. The van der Waals surface area contributed by atoms with Crippen LogP contribution < -0.4 is 5.32 Å². The third-order valence-corrected chi connectivity index (χ3v) is 2.74. The molecule has 0 saturated carbocycles. The zero-order chi connectivity index (χ0) is 13.9. The number of rotatable bonds is 4. The molecule has 0 radical (unpaired) electrons. The predicted molar refractivity (Wildman–Crippen MR) is 64.4 cm³/mol. The van der Waals surface area contributed by atoms with Crippen molar-refractivity contribution in [1.29, 1.82) is 0 Å². The summed E-state index contributed by atoms with van der Waals surface area (Å²) in [6.45, 7) is 1.44. The summed E-state index contributed by atoms with van der Waals surface area (Å²) in [5.74, 6) is -0.413. The number of carbonyl (C=O) groups excluding carboxylic acids is 1. The van der Waals surface area contributed by atoms with Crippen LogP contribution in [-0.2, 0) is 4.79 Å². The Bertz CT molecular complexity index is 462. The van der Waals surface area contributed by atoms with E-state index in [-0.39, 0.29) is 11.0 Å². The Labute approximate surface area is 109 Å². The number of hydrogen-bond acceptors (Lipinski definition) is 7. The molecule has 0 aromatic rings. The lowest BCUT2D eigenvalue weighted by Crippen LogP contribution is -2.43. The molecule has 0 aromatic heterocycles. The van der Waals surface area contributed by atoms with Crippen molar-refractivity contribution in [2.24, 2.45) is 4.99 Å². The molecule has 18 heavy (non-hydrogen) atoms. The second kappa shape index (κ2) is 5.31. The van der Waals surface area contributed by atoms with Crippen LogP contribution in [0, 0.1) is 20.2 Å². The lowest BCUT2D eigenvalue weighted by Gasteiger charge is -2.12. The maximum Gasteiger partial charge on any atom is 0.353 e. The van der Waals surface area contributed by atoms with Gasteiger partial charge >= 0.3 is 10.4 Å². The van der Waals surface area contributed by atoms with Gasteiger partial charge < -0.3 is 14.9 Å². The first-order valence-corrected chi connectivity index (χ1v) is 5.56. The molecule has 0 aliphatic carbocycles. The SMILES string of the molecule is CC1(C=C(Br)[N+](=O)[O-])N=C([N+](=O)[O-])C(CC=O)N1. The lowest BCUT2D eigenvalue weighted by molar-refractivity contribution is -0.409. The molecule has 1 aliphatic rings. The number of aldehydes is 1. The quantitative estimate of drug-likeness (QED) is 0.346. The third kappa shape index (κ3) is 3.17. The maximum absolute atomic E-state index is 10.7. The molecule has 0 aromatic carbocycles. The Kier molecular flexibility index (Phi) is 4.24. The van der Waals surface area contributed by atoms with Gasteiger partial charge in [-0.2, -0.15) is 0 Å². The molecule has 98 valence electrons. The van der Waals surface area contributed by atoms with Gasteiger partial charge in [-0.15, -0.1) is 0 Å². The molecule has 1 heterocycles. The smallest absolute Gasteiger partial charge is 0.353 e. The fourth-order valence-corrected chi connectivity index (χ4v) is 2.00. The van der Waals surface area contributed by atoms with Gasteiger partial charge in [0, 0.05) is 29.3 Å². The second-order valence-corrected chi connectivity index (χ2v) is 4.51. The fraction of sp³-hybridized carbons (Fsp3) is 0.500. The van der Waals surface area contributed by atoms with Crippen LogP contribution in [0.5, 0.6) is 0 Å². The molecule has 10 heteroatoms. The number of aliphatic imine (C=N–C) groups is 1. The molecule has 0 amide bonds. The average Bonchev–Trinajstić information content (AvgIpc) is 2.56. The molecular formula is C8H9BrN4O5. The minimum atomic E-state index is -1.29. The van der Waals surface area contributed by atoms with E-state index in [4.69, 9.17) is 0 Å². The Morgan fingerprint density at radius 1 is 1.61 bits per heavy atom. The van der Waals surface area contributed by atoms with E-state index >= 15 is 0 Å². The summed E-state index contributed by atoms with van der Waals surface area (Å²) in [5, 5.41) is 23.9. The van der Waals surface area contributed by atoms with Gasteiger partial charge in [0.15, 0.2) is 0 Å². The fourth-order valence-electron chi connectivity index (χ4n) is 1.55. The normalized spacial score (nSPS) is 27.8. The molecule has 0 spiro atoms. The molecule has 1 rings (SSSR count). The van der Waals surface area contributed by atoms with Crippen LogP contribution in [0.1, 0.15) is 13.3 Å². The van der Waals surface area contributed by atoms with Gasteiger partial charge in [0.25, 0.3) is 0 Å². The van der Waals surface area contributed by atoms with Crippen molar-refractivity contribution in [2.45, 2.75) is 25.0 Å². The Morgan fingerprint density at radius 2 is 2.22 bits per heavy atom. The van der Waals surface area contributed by atoms with Gasteiger partial charge in [0.2, 0.25) is 5.66 Å². The monoisotopic (exact) mass is 320 g/mol. The molecule has 9 nitrogen and oxygen atoms in total. The van der Waals surface area contributed by atoms with E-state index in [2.05, 4.69) is 26.2 Å². The van der Waals surface area contributed by atoms with E-state index in [0.29, 0.717) is 6.29 Å². The highest BCUT2D eigenvalue weighted by Crippen LogP contribution is 2.23. The summed E-state index contributed by atoms with van der Waals surface area (Å²) < 4.78 is -0.365. The summed E-state index contributed by atoms with van der Waals surface area (Å²) in [6.07, 6.45) is 1.50. The Hall–Kier alpha value is -1.68. The van der Waals surface area contributed by atoms with E-state index in [0.717, 1.165) is 6.08 Å². The minimum Gasteiger partial charge on any atom is -0.358 e. The van der Waals surface area contributed by atoms with E-state index in [1.807, 2.05) is 0 Å². The van der Waals surface area contributed by atoms with Crippen LogP contribution >= 0.6 is 15.9 Å². The van der Waals surface area contributed by atoms with Crippen LogP contribution in [-0.4, -0.2) is 33.7 Å². The summed E-state index contributed by atoms with van der Waals surface area (Å²) >= 11 is 2.72. The summed E-state index contributed by atoms with van der Waals surface area (Å²) in [5.41, 5.74) is -1.29. The molecule has 1 aliphatic heterocycles. The highest BCUT2D eigenvalue weighted by Gasteiger charge is 2.45. The van der Waals surface area contributed by atoms with Crippen LogP contribution in [0.15, 0.2) is 15.7 Å². The van der Waals surface area contributed by atoms with E-state index in [9.17, 15) is 25.0 Å². The largest absolute Gasteiger partial charge is 0.358 e. The molecule has 0 fully saturated rings. The van der Waals surface area contributed by atoms with Crippen LogP contribution in [0.2, 0.25) is 0 Å². The van der Waals surface area contributed by atoms with Crippen molar-refractivity contribution in [3.05, 3.63) is 30.9 Å². The highest BCUT2D eigenvalue weighted by molar-refractivity contribution is 9.11. The standard InChI is InChI=1S/C8H9BrN4O5/c1-8(4-6(9)12(15)16)10-5(2-3-14)7(11-8)13(17)18/h3-5,10H,2H2,1H3. The molecule has 2 atom stereocenters. The Balaban J connectivity index is 3.07. The van der Waals surface area contributed by atoms with Crippen LogP contribution in [0.4, 0.5) is 0 Å². The molecule has 1 N–H and O–H groups in total. The topological polar surface area (TPSA) is 128 Å². The predicted octanol–water partition coefficient (Wildman–Crippen LogP) is 0.452. The maximum atomic E-state index is 10.7. The molecular weight excluding hydrogens is 312 g/mol. The van der Waals surface area contributed by atoms with Gasteiger partial charge in [-0.3, -0.25) is 15.4 Å². The van der Waals surface area contributed by atoms with Crippen molar-refractivity contribution >= 4 is 28.1 Å². The van der Waals surface area contributed by atoms with Gasteiger partial charge in [-0.25, -0.2) is 0 Å². The van der Waals surface area contributed by atoms with Crippen molar-refractivity contribution < 1.29 is 14.6 Å². The van der Waals surface area contributed by atoms with Crippen molar-refractivity contribution in [3.63, 3.8) is 0 Å². The van der Waals surface area contributed by atoms with Gasteiger partial charge in [-0.1, -0.05) is 4.99 Å². The number of amidine groups is 1. The molecule has 2 unspecified atom stereocenters. The Morgan fingerprint density at radius 3 is 2.67 bits per heavy atom. The summed E-state index contributed by atoms with van der Waals surface area (Å²) in [6, 6.07) is -0.856. The van der Waals surface area contributed by atoms with E-state index in [1.54, 1.807) is 0 Å². The number of halogens is 1. The van der Waals surface area contributed by atoms with Crippen LogP contribution in [0.25, 0.3) is 0 Å². The molecule has 0 saturated heterocycles. The van der Waals surface area contributed by atoms with E-state index in [1.165, 1.54) is 6.92 Å². The van der Waals surface area contributed by atoms with Crippen molar-refractivity contribution in [3.8, 4) is 0 Å². The number of nitrogens with zero attached hydrogens (tertiary/aromatic N) is 3. The zero-order valence-corrected chi connectivity index (χ0v) is 10.8. The van der Waals surface area contributed by atoms with Gasteiger partial charge in [0.1, 0.15) is 12.3 Å². The highest BCUT2D eigenvalue weighted by atomic mass is 79.9. The van der Waals surface area contributed by atoms with Crippen LogP contribution in [0.3, 0.4) is 0 Å². The average molecular weight is 321 g/mol. The first-order valence-electron chi connectivity index (χ1n) is 4.77. The zero-order valence-electron chi connectivity index (χ0n) is 9.20. The lowest BCUT2D eigenvalue weighted by atomic mass is 10.2. The number of hydrogen-bond donors (Lipinski definition) is 1. The summed E-state index contributed by atoms with van der Waals surface area (Å²) in [4.78, 5) is 34.0. The number of nitro groups is 2. The van der Waals surface area contributed by atoms with Crippen molar-refractivity contribution in [1.82, 2.24) is 5.32 Å². The minimum absolute atomic E-state index is 0.126. The summed E-state index contributed by atoms with van der Waals surface area (Å²) in [7, 11) is 0. The number of nitrogens with one attached hydrogen (secondary N) is 1. The number of carbonyl (C=O) groups is 1. The molecule has 0 bridgehead atoms. The second-order valence-electron chi connectivity index (χ2n) is 3.70. The third-order valence-electron chi connectivity index (χ3n) is 2.22. The van der Waals surface area contributed by atoms with E-state index < -0.39 is 27.4 Å². The van der Waals surface area contributed by atoms with Gasteiger partial charge in [0.05, 0.1) is 11.0 Å². The van der Waals surface area contributed by atoms with Crippen molar-refractivity contribution in [2.75, 3.05) is 0 Å².